The van der Waals surface area contributed by atoms with E-state index in [0.717, 1.165) is 12.0 Å². The number of rotatable bonds is 3. The Hall–Kier alpha value is -2.38. The summed E-state index contributed by atoms with van der Waals surface area (Å²) in [6.07, 6.45) is -4.02. The molecule has 0 aliphatic carbocycles. The lowest BCUT2D eigenvalue weighted by molar-refractivity contribution is -0.164. The molecule has 8 heteroatoms. The molecule has 1 unspecified atom stereocenters. The quantitative estimate of drug-likeness (QED) is 0.855. The van der Waals surface area contributed by atoms with E-state index in [9.17, 15) is 18.0 Å². The average Bonchev–Trinajstić information content (AvgIpc) is 3.04. The van der Waals surface area contributed by atoms with Gasteiger partial charge in [0.1, 0.15) is 12.5 Å². The van der Waals surface area contributed by atoms with Gasteiger partial charge in [0.15, 0.2) is 0 Å². The van der Waals surface area contributed by atoms with Crippen molar-refractivity contribution in [2.75, 3.05) is 6.54 Å². The Balaban J connectivity index is 1.81. The van der Waals surface area contributed by atoms with Crippen molar-refractivity contribution in [1.29, 1.82) is 0 Å². The lowest BCUT2D eigenvalue weighted by Crippen LogP contribution is -2.40. The second-order valence-electron chi connectivity index (χ2n) is 5.71. The summed E-state index contributed by atoms with van der Waals surface area (Å²) in [5.74, 6) is -0.407. The SMILES string of the molecule is O=C(CC(F)(F)F)N1CCCCC1c1nc(-c2ccccc2)no1. The number of aromatic nitrogens is 2. The second kappa shape index (κ2) is 6.62. The fraction of sp³-hybridized carbons (Fsp3) is 0.438. The zero-order chi connectivity index (χ0) is 17.2. The van der Waals surface area contributed by atoms with E-state index in [2.05, 4.69) is 10.1 Å². The Kier molecular flexibility index (Phi) is 4.55. The molecule has 0 radical (unpaired) electrons. The lowest BCUT2D eigenvalue weighted by atomic mass is 10.0. The molecule has 2 heterocycles. The molecule has 128 valence electrons. The molecule has 2 aromatic rings. The third kappa shape index (κ3) is 3.74. The van der Waals surface area contributed by atoms with E-state index in [1.807, 2.05) is 30.3 Å². The molecule has 1 aromatic carbocycles. The smallest absolute Gasteiger partial charge is 0.337 e. The molecule has 1 saturated heterocycles. The van der Waals surface area contributed by atoms with Crippen molar-refractivity contribution in [2.45, 2.75) is 37.9 Å². The number of alkyl halides is 3. The van der Waals surface area contributed by atoms with Crippen LogP contribution in [0.2, 0.25) is 0 Å². The number of benzene rings is 1. The van der Waals surface area contributed by atoms with E-state index in [4.69, 9.17) is 4.52 Å². The van der Waals surface area contributed by atoms with Gasteiger partial charge in [-0.2, -0.15) is 18.2 Å². The van der Waals surface area contributed by atoms with Crippen molar-refractivity contribution in [3.05, 3.63) is 36.2 Å². The predicted molar refractivity (Wildman–Crippen MR) is 78.7 cm³/mol. The van der Waals surface area contributed by atoms with Gasteiger partial charge in [0.2, 0.25) is 17.6 Å². The number of hydrogen-bond donors (Lipinski definition) is 0. The number of carbonyl (C=O) groups excluding carboxylic acids is 1. The van der Waals surface area contributed by atoms with Crippen molar-refractivity contribution < 1.29 is 22.5 Å². The van der Waals surface area contributed by atoms with Gasteiger partial charge in [-0.1, -0.05) is 35.5 Å². The largest absolute Gasteiger partial charge is 0.397 e. The maximum absolute atomic E-state index is 12.5. The molecule has 0 bridgehead atoms. The van der Waals surface area contributed by atoms with Crippen LogP contribution in [0.3, 0.4) is 0 Å². The fourth-order valence-corrected chi connectivity index (χ4v) is 2.83. The molecular weight excluding hydrogens is 323 g/mol. The summed E-state index contributed by atoms with van der Waals surface area (Å²) in [6.45, 7) is 0.266. The Labute approximate surface area is 136 Å². The van der Waals surface area contributed by atoms with Crippen molar-refractivity contribution in [2.24, 2.45) is 0 Å². The summed E-state index contributed by atoms with van der Waals surface area (Å²) in [6, 6.07) is 8.52. The molecule has 5 nitrogen and oxygen atoms in total. The van der Waals surface area contributed by atoms with E-state index < -0.39 is 24.5 Å². The minimum Gasteiger partial charge on any atom is -0.337 e. The molecule has 0 N–H and O–H groups in total. The zero-order valence-electron chi connectivity index (χ0n) is 12.8. The molecule has 1 amide bonds. The van der Waals surface area contributed by atoms with Crippen molar-refractivity contribution in [1.82, 2.24) is 15.0 Å². The maximum atomic E-state index is 12.5. The maximum Gasteiger partial charge on any atom is 0.397 e. The summed E-state index contributed by atoms with van der Waals surface area (Å²) in [4.78, 5) is 17.5. The Morgan fingerprint density at radius 3 is 2.71 bits per heavy atom. The number of halogens is 3. The summed E-state index contributed by atoms with van der Waals surface area (Å²) < 4.78 is 42.8. The van der Waals surface area contributed by atoms with Crippen LogP contribution in [0.1, 0.15) is 37.6 Å². The first-order chi connectivity index (χ1) is 11.4. The Bertz CT molecular complexity index is 700. The average molecular weight is 339 g/mol. The first-order valence-electron chi connectivity index (χ1n) is 7.69. The van der Waals surface area contributed by atoms with Gasteiger partial charge in [-0.15, -0.1) is 0 Å². The van der Waals surface area contributed by atoms with E-state index >= 15 is 0 Å². The van der Waals surface area contributed by atoms with Gasteiger partial charge in [0.05, 0.1) is 0 Å². The predicted octanol–water partition coefficient (Wildman–Crippen LogP) is 3.74. The number of piperidine rings is 1. The van der Waals surface area contributed by atoms with Gasteiger partial charge in [-0.3, -0.25) is 4.79 Å². The van der Waals surface area contributed by atoms with Crippen LogP contribution < -0.4 is 0 Å². The molecule has 3 rings (SSSR count). The lowest BCUT2D eigenvalue weighted by Gasteiger charge is -2.33. The van der Waals surface area contributed by atoms with Crippen molar-refractivity contribution in [3.63, 3.8) is 0 Å². The van der Waals surface area contributed by atoms with E-state index in [1.165, 1.54) is 4.90 Å². The highest BCUT2D eigenvalue weighted by molar-refractivity contribution is 5.77. The molecule has 1 aromatic heterocycles. The highest BCUT2D eigenvalue weighted by Crippen LogP contribution is 2.33. The molecule has 1 fully saturated rings. The second-order valence-corrected chi connectivity index (χ2v) is 5.71. The number of hydrogen-bond acceptors (Lipinski definition) is 4. The topological polar surface area (TPSA) is 59.2 Å². The third-order valence-electron chi connectivity index (χ3n) is 3.93. The van der Waals surface area contributed by atoms with Crippen LogP contribution in [0.5, 0.6) is 0 Å². The summed E-state index contributed by atoms with van der Waals surface area (Å²) in [7, 11) is 0. The van der Waals surface area contributed by atoms with E-state index in [0.29, 0.717) is 18.7 Å². The van der Waals surface area contributed by atoms with Gasteiger partial charge >= 0.3 is 6.18 Å². The van der Waals surface area contributed by atoms with Crippen molar-refractivity contribution in [3.8, 4) is 11.4 Å². The standard InChI is InChI=1S/C16H16F3N3O2/c17-16(18,19)10-13(23)22-9-5-4-8-12(22)15-20-14(21-24-15)11-6-2-1-3-7-11/h1-3,6-7,12H,4-5,8-10H2. The third-order valence-corrected chi connectivity index (χ3v) is 3.93. The molecule has 1 atom stereocenters. The highest BCUT2D eigenvalue weighted by Gasteiger charge is 2.38. The number of likely N-dealkylation sites (tertiary alicyclic amines) is 1. The molecule has 0 saturated carbocycles. The Morgan fingerprint density at radius 2 is 2.00 bits per heavy atom. The van der Waals surface area contributed by atoms with Crippen LogP contribution in [-0.4, -0.2) is 33.7 Å². The summed E-state index contributed by atoms with van der Waals surface area (Å²) in [5.41, 5.74) is 0.747. The molecule has 0 spiro atoms. The summed E-state index contributed by atoms with van der Waals surface area (Å²) >= 11 is 0. The monoisotopic (exact) mass is 339 g/mol. The molecule has 1 aliphatic rings. The van der Waals surface area contributed by atoms with E-state index in [-0.39, 0.29) is 12.4 Å². The zero-order valence-corrected chi connectivity index (χ0v) is 12.8. The van der Waals surface area contributed by atoms with Crippen LogP contribution in [-0.2, 0) is 4.79 Å². The number of amides is 1. The van der Waals surface area contributed by atoms with Gasteiger partial charge < -0.3 is 9.42 Å². The minimum atomic E-state index is -4.52. The minimum absolute atomic E-state index is 0.184. The fourth-order valence-electron chi connectivity index (χ4n) is 2.83. The first kappa shape index (κ1) is 16.5. The van der Waals surface area contributed by atoms with Crippen LogP contribution >= 0.6 is 0 Å². The highest BCUT2D eigenvalue weighted by atomic mass is 19.4. The first-order valence-corrected chi connectivity index (χ1v) is 7.69. The van der Waals surface area contributed by atoms with E-state index in [1.54, 1.807) is 0 Å². The summed E-state index contributed by atoms with van der Waals surface area (Å²) in [5, 5.41) is 3.88. The molecular formula is C16H16F3N3O2. The van der Waals surface area contributed by atoms with Gasteiger partial charge in [-0.25, -0.2) is 0 Å². The molecule has 24 heavy (non-hydrogen) atoms. The van der Waals surface area contributed by atoms with Crippen molar-refractivity contribution >= 4 is 5.91 Å². The molecule has 1 aliphatic heterocycles. The van der Waals surface area contributed by atoms with Gasteiger partial charge in [-0.05, 0) is 19.3 Å². The number of nitrogens with zero attached hydrogens (tertiary/aromatic N) is 3. The van der Waals surface area contributed by atoms with Gasteiger partial charge in [0, 0.05) is 12.1 Å². The van der Waals surface area contributed by atoms with Crippen LogP contribution in [0, 0.1) is 0 Å². The van der Waals surface area contributed by atoms with Crippen LogP contribution in [0.25, 0.3) is 11.4 Å². The Morgan fingerprint density at radius 1 is 1.25 bits per heavy atom. The normalized spacial score (nSPS) is 18.6. The van der Waals surface area contributed by atoms with Crippen LogP contribution in [0.4, 0.5) is 13.2 Å². The van der Waals surface area contributed by atoms with Gasteiger partial charge in [0.25, 0.3) is 0 Å². The van der Waals surface area contributed by atoms with Crippen LogP contribution in [0.15, 0.2) is 34.9 Å². The number of carbonyl (C=O) groups is 1.